The predicted octanol–water partition coefficient (Wildman–Crippen LogP) is -2.83. The van der Waals surface area contributed by atoms with Crippen LogP contribution in [0.5, 0.6) is 0 Å². The van der Waals surface area contributed by atoms with Gasteiger partial charge in [0.2, 0.25) is 0 Å². The van der Waals surface area contributed by atoms with E-state index in [1.165, 1.54) is 0 Å². The lowest BCUT2D eigenvalue weighted by Crippen LogP contribution is -2.12. The summed E-state index contributed by atoms with van der Waals surface area (Å²) in [5.74, 6) is 0. The molecule has 0 saturated heterocycles. The molecule has 16 nitrogen and oxygen atoms in total. The highest BCUT2D eigenvalue weighted by Crippen LogP contribution is 1.97. The van der Waals surface area contributed by atoms with Crippen molar-refractivity contribution in [2.75, 3.05) is 7.11 Å². The molecule has 0 fully saturated rings. The fraction of sp³-hybridized carbons (Fsp3) is 1.00. The predicted molar refractivity (Wildman–Crippen MR) is 54.9 cm³/mol. The topological polar surface area (TPSA) is 243 Å². The molecule has 130 valence electrons. The molecule has 0 unspecified atom stereocenters. The van der Waals surface area contributed by atoms with Gasteiger partial charge in [0.25, 0.3) is 0 Å². The maximum absolute atomic E-state index is 10.1. The lowest BCUT2D eigenvalue weighted by Gasteiger charge is -1.96. The van der Waals surface area contributed by atoms with Crippen LogP contribution in [0.3, 0.4) is 0 Å². The van der Waals surface area contributed by atoms with Crippen LogP contribution in [0.1, 0.15) is 0 Å². The van der Waals surface area contributed by atoms with Crippen molar-refractivity contribution in [3.05, 3.63) is 0 Å². The summed E-state index contributed by atoms with van der Waals surface area (Å²) in [6, 6.07) is 0. The SMILES string of the molecule is COS(=O)(=O)OOS(=O)(=O)O.O=S(=O)(O)OOS(=O)(=O)O. The van der Waals surface area contributed by atoms with Crippen LogP contribution in [0.4, 0.5) is 0 Å². The molecule has 0 bridgehead atoms. The maximum atomic E-state index is 10.1. The summed E-state index contributed by atoms with van der Waals surface area (Å²) in [5, 5.41) is 0. The molecular weight excluding hydrogens is 396 g/mol. The Kier molecular flexibility index (Phi) is 8.89. The van der Waals surface area contributed by atoms with Crippen LogP contribution in [0.15, 0.2) is 0 Å². The Labute approximate surface area is 118 Å². The molecule has 0 aliphatic carbocycles. The van der Waals surface area contributed by atoms with Crippen LogP contribution >= 0.6 is 0 Å². The zero-order chi connectivity index (χ0) is 17.5. The normalized spacial score (nSPS) is 13.3. The van der Waals surface area contributed by atoms with Gasteiger partial charge in [-0.05, 0) is 0 Å². The molecule has 0 aromatic rings. The van der Waals surface area contributed by atoms with Crippen LogP contribution in [0.25, 0.3) is 0 Å². The van der Waals surface area contributed by atoms with Crippen molar-refractivity contribution >= 4 is 41.6 Å². The zero-order valence-electron chi connectivity index (χ0n) is 9.28. The van der Waals surface area contributed by atoms with E-state index in [0.717, 1.165) is 0 Å². The third-order valence-corrected chi connectivity index (χ3v) is 2.14. The van der Waals surface area contributed by atoms with E-state index in [0.29, 0.717) is 7.11 Å². The van der Waals surface area contributed by atoms with Gasteiger partial charge in [0, 0.05) is 0 Å². The van der Waals surface area contributed by atoms with Crippen molar-refractivity contribution < 1.29 is 68.8 Å². The lowest BCUT2D eigenvalue weighted by atomic mass is 11.8. The molecule has 0 aromatic carbocycles. The van der Waals surface area contributed by atoms with Crippen molar-refractivity contribution in [3.8, 4) is 0 Å². The molecule has 0 saturated carbocycles. The van der Waals surface area contributed by atoms with Gasteiger partial charge in [-0.1, -0.05) is 17.3 Å². The van der Waals surface area contributed by atoms with E-state index in [9.17, 15) is 33.7 Å². The molecule has 20 heteroatoms. The smallest absolute Gasteiger partial charge is 0.262 e. The fourth-order valence-corrected chi connectivity index (χ4v) is 1.34. The van der Waals surface area contributed by atoms with Crippen LogP contribution < -0.4 is 0 Å². The average Bonchev–Trinajstić information content (AvgIpc) is 2.22. The minimum Gasteiger partial charge on any atom is -0.262 e. The maximum Gasteiger partial charge on any atom is 0.427 e. The van der Waals surface area contributed by atoms with Crippen LogP contribution in [0, 0.1) is 0 Å². The number of hydrogen-bond donors (Lipinski definition) is 3. The molecule has 0 heterocycles. The van der Waals surface area contributed by atoms with E-state index in [4.69, 9.17) is 13.7 Å². The minimum absolute atomic E-state index is 0.711. The minimum atomic E-state index is -5.02. The molecule has 0 rings (SSSR count). The Bertz CT molecular complexity index is 667. The highest BCUT2D eigenvalue weighted by molar-refractivity contribution is 7.83. The summed E-state index contributed by atoms with van der Waals surface area (Å²) in [7, 11) is -18.8. The molecule has 3 N–H and O–H groups in total. The van der Waals surface area contributed by atoms with Gasteiger partial charge in [-0.25, -0.2) is 4.18 Å². The van der Waals surface area contributed by atoms with Gasteiger partial charge in [0.05, 0.1) is 7.11 Å². The molecule has 0 aromatic heterocycles. The second-order valence-corrected chi connectivity index (χ2v) is 6.39. The highest BCUT2D eigenvalue weighted by atomic mass is 32.3. The first kappa shape index (κ1) is 22.8. The second kappa shape index (κ2) is 8.20. The summed E-state index contributed by atoms with van der Waals surface area (Å²) in [6.45, 7) is 0. The van der Waals surface area contributed by atoms with Crippen molar-refractivity contribution in [2.45, 2.75) is 0 Å². The van der Waals surface area contributed by atoms with Gasteiger partial charge in [0.15, 0.2) is 0 Å². The Hall–Kier alpha value is -0.520. The zero-order valence-corrected chi connectivity index (χ0v) is 12.5. The van der Waals surface area contributed by atoms with Gasteiger partial charge in [-0.15, -0.1) is 0 Å². The summed E-state index contributed by atoms with van der Waals surface area (Å²) >= 11 is 0. The Morgan fingerprint density at radius 1 is 0.571 bits per heavy atom. The summed E-state index contributed by atoms with van der Waals surface area (Å²) in [6.07, 6.45) is 0. The van der Waals surface area contributed by atoms with Crippen molar-refractivity contribution in [3.63, 3.8) is 0 Å². The third-order valence-electron chi connectivity index (χ3n) is 0.601. The molecule has 0 aliphatic rings. The van der Waals surface area contributed by atoms with Crippen LogP contribution in [-0.4, -0.2) is 54.4 Å². The van der Waals surface area contributed by atoms with Crippen LogP contribution in [-0.2, 0) is 63.1 Å². The van der Waals surface area contributed by atoms with Gasteiger partial charge in [-0.2, -0.15) is 33.7 Å². The largest absolute Gasteiger partial charge is 0.427 e. The second-order valence-electron chi connectivity index (χ2n) is 2.13. The molecule has 21 heavy (non-hydrogen) atoms. The first-order valence-electron chi connectivity index (χ1n) is 3.46. The number of hydrogen-bond acceptors (Lipinski definition) is 13. The Morgan fingerprint density at radius 3 is 1.00 bits per heavy atom. The third kappa shape index (κ3) is 21.9. The first-order chi connectivity index (χ1) is 8.97. The molecular formula is CH6O16S4. The monoisotopic (exact) mass is 402 g/mol. The van der Waals surface area contributed by atoms with Crippen molar-refractivity contribution in [2.24, 2.45) is 0 Å². The van der Waals surface area contributed by atoms with Crippen LogP contribution in [0.2, 0.25) is 0 Å². The summed E-state index contributed by atoms with van der Waals surface area (Å²) in [4.78, 5) is 0. The van der Waals surface area contributed by atoms with Gasteiger partial charge >= 0.3 is 41.6 Å². The average molecular weight is 402 g/mol. The standard InChI is InChI=1S/CH4O8S2.H2O8S2/c1-7-11(5,6)9-8-10(2,3)4;1-9(2,3)7-8-10(4,5)6/h1H3,(H,2,3,4);(H,1,2,3)(H,4,5,6). The summed E-state index contributed by atoms with van der Waals surface area (Å²) < 4.78 is 116. The number of rotatable bonds is 7. The molecule has 0 spiro atoms. The van der Waals surface area contributed by atoms with E-state index >= 15 is 0 Å². The van der Waals surface area contributed by atoms with E-state index in [1.807, 2.05) is 0 Å². The van der Waals surface area contributed by atoms with E-state index in [2.05, 4.69) is 21.5 Å². The van der Waals surface area contributed by atoms with E-state index in [-0.39, 0.29) is 0 Å². The molecule has 0 atom stereocenters. The first-order valence-corrected chi connectivity index (χ1v) is 8.88. The van der Waals surface area contributed by atoms with Crippen molar-refractivity contribution in [1.82, 2.24) is 0 Å². The summed E-state index contributed by atoms with van der Waals surface area (Å²) in [5.41, 5.74) is 0. The van der Waals surface area contributed by atoms with Gasteiger partial charge in [0.1, 0.15) is 0 Å². The van der Waals surface area contributed by atoms with Gasteiger partial charge < -0.3 is 0 Å². The Balaban J connectivity index is 0. The van der Waals surface area contributed by atoms with E-state index in [1.54, 1.807) is 0 Å². The molecule has 0 amide bonds. The molecule has 0 radical (unpaired) electrons. The van der Waals surface area contributed by atoms with E-state index < -0.39 is 41.6 Å². The molecule has 0 aliphatic heterocycles. The van der Waals surface area contributed by atoms with Crippen molar-refractivity contribution in [1.29, 1.82) is 0 Å². The fourth-order valence-electron chi connectivity index (χ4n) is 0.167. The van der Waals surface area contributed by atoms with Gasteiger partial charge in [-0.3, -0.25) is 13.7 Å². The lowest BCUT2D eigenvalue weighted by molar-refractivity contribution is -0.107. The highest BCUT2D eigenvalue weighted by Gasteiger charge is 2.16. The quantitative estimate of drug-likeness (QED) is 0.220. The Morgan fingerprint density at radius 2 is 0.810 bits per heavy atom.